The molecule has 2 aromatic rings. The first-order valence-corrected chi connectivity index (χ1v) is 4.50. The maximum absolute atomic E-state index is 10.6. The van der Waals surface area contributed by atoms with Gasteiger partial charge in [0.2, 0.25) is 0 Å². The van der Waals surface area contributed by atoms with Crippen LogP contribution in [0.2, 0.25) is 0 Å². The van der Waals surface area contributed by atoms with Crippen LogP contribution in [0.25, 0.3) is 5.69 Å². The van der Waals surface area contributed by atoms with Gasteiger partial charge in [-0.25, -0.2) is 9.48 Å². The Bertz CT molecular complexity index is 581. The predicted octanol–water partition coefficient (Wildman–Crippen LogP) is 1.44. The first-order chi connectivity index (χ1) is 7.70. The molecule has 0 saturated carbocycles. The number of carbonyl (C=O) groups is 1. The zero-order valence-corrected chi connectivity index (χ0v) is 8.16. The van der Waals surface area contributed by atoms with E-state index in [1.165, 1.54) is 10.7 Å². The largest absolute Gasteiger partial charge is 0.476 e. The highest BCUT2D eigenvalue weighted by atomic mass is 16.4. The van der Waals surface area contributed by atoms with E-state index in [1.54, 1.807) is 30.5 Å². The van der Waals surface area contributed by atoms with Crippen molar-refractivity contribution in [1.82, 2.24) is 9.78 Å². The highest BCUT2D eigenvalue weighted by molar-refractivity contribution is 5.85. The van der Waals surface area contributed by atoms with Gasteiger partial charge < -0.3 is 5.11 Å². The van der Waals surface area contributed by atoms with Gasteiger partial charge in [-0.05, 0) is 24.3 Å². The van der Waals surface area contributed by atoms with Crippen molar-refractivity contribution in [2.45, 2.75) is 0 Å². The number of aromatic nitrogens is 2. The second kappa shape index (κ2) is 3.87. The molecule has 1 aromatic heterocycles. The van der Waals surface area contributed by atoms with Crippen molar-refractivity contribution in [1.29, 1.82) is 5.26 Å². The molecule has 0 aliphatic carbocycles. The van der Waals surface area contributed by atoms with Crippen LogP contribution in [0.15, 0.2) is 36.5 Å². The van der Waals surface area contributed by atoms with Gasteiger partial charge in [-0.3, -0.25) is 0 Å². The molecule has 5 nitrogen and oxygen atoms in total. The number of hydrogen-bond donors (Lipinski definition) is 1. The molecule has 0 saturated heterocycles. The van der Waals surface area contributed by atoms with Crippen molar-refractivity contribution in [3.8, 4) is 11.8 Å². The molecular formula is C11H7N3O2. The third-order valence-corrected chi connectivity index (χ3v) is 2.05. The molecule has 0 aliphatic heterocycles. The lowest BCUT2D eigenvalue weighted by molar-refractivity contribution is 0.0690. The van der Waals surface area contributed by atoms with E-state index in [-0.39, 0.29) is 5.69 Å². The van der Waals surface area contributed by atoms with Gasteiger partial charge in [-0.15, -0.1) is 0 Å². The number of benzene rings is 1. The number of nitrogens with zero attached hydrogens (tertiary/aromatic N) is 3. The Hall–Kier alpha value is -2.61. The van der Waals surface area contributed by atoms with Gasteiger partial charge in [-0.1, -0.05) is 6.07 Å². The summed E-state index contributed by atoms with van der Waals surface area (Å²) in [7, 11) is 0. The summed E-state index contributed by atoms with van der Waals surface area (Å²) < 4.78 is 1.42. The zero-order chi connectivity index (χ0) is 11.5. The molecule has 1 N–H and O–H groups in total. The second-order valence-electron chi connectivity index (χ2n) is 3.11. The molecule has 0 radical (unpaired) electrons. The van der Waals surface area contributed by atoms with E-state index in [1.807, 2.05) is 6.07 Å². The number of rotatable bonds is 2. The average molecular weight is 213 g/mol. The summed E-state index contributed by atoms with van der Waals surface area (Å²) in [6.45, 7) is 0. The fourth-order valence-electron chi connectivity index (χ4n) is 1.30. The highest BCUT2D eigenvalue weighted by Crippen LogP contribution is 2.09. The lowest BCUT2D eigenvalue weighted by Gasteiger charge is -2.00. The lowest BCUT2D eigenvalue weighted by atomic mass is 10.2. The second-order valence-corrected chi connectivity index (χ2v) is 3.11. The van der Waals surface area contributed by atoms with Crippen LogP contribution in [-0.4, -0.2) is 20.9 Å². The molecule has 0 fully saturated rings. The number of carboxylic acid groups (broad SMARTS) is 1. The standard InChI is InChI=1S/C11H7N3O2/c12-7-8-2-1-3-9(6-8)14-5-4-10(13-14)11(15)16/h1-6H,(H,15,16). The van der Waals surface area contributed by atoms with E-state index in [9.17, 15) is 4.79 Å². The number of nitriles is 1. The third kappa shape index (κ3) is 1.77. The fourth-order valence-corrected chi connectivity index (χ4v) is 1.30. The lowest BCUT2D eigenvalue weighted by Crippen LogP contribution is -2.00. The summed E-state index contributed by atoms with van der Waals surface area (Å²) in [5.74, 6) is -1.07. The Morgan fingerprint density at radius 1 is 1.44 bits per heavy atom. The molecule has 0 bridgehead atoms. The van der Waals surface area contributed by atoms with E-state index in [2.05, 4.69) is 5.10 Å². The maximum atomic E-state index is 10.6. The van der Waals surface area contributed by atoms with E-state index in [0.29, 0.717) is 11.3 Å². The van der Waals surface area contributed by atoms with Crippen molar-refractivity contribution in [3.05, 3.63) is 47.8 Å². The van der Waals surface area contributed by atoms with E-state index < -0.39 is 5.97 Å². The van der Waals surface area contributed by atoms with E-state index in [4.69, 9.17) is 10.4 Å². The maximum Gasteiger partial charge on any atom is 0.356 e. The summed E-state index contributed by atoms with van der Waals surface area (Å²) in [4.78, 5) is 10.6. The molecule has 0 aliphatic rings. The summed E-state index contributed by atoms with van der Waals surface area (Å²) >= 11 is 0. The van der Waals surface area contributed by atoms with Crippen LogP contribution >= 0.6 is 0 Å². The minimum atomic E-state index is -1.07. The molecule has 0 spiro atoms. The van der Waals surface area contributed by atoms with Crippen molar-refractivity contribution < 1.29 is 9.90 Å². The minimum Gasteiger partial charge on any atom is -0.476 e. The Kier molecular flexibility index (Phi) is 2.40. The molecule has 0 amide bonds. The predicted molar refractivity (Wildman–Crippen MR) is 55.2 cm³/mol. The summed E-state index contributed by atoms with van der Waals surface area (Å²) in [6, 6.07) is 10.2. The summed E-state index contributed by atoms with van der Waals surface area (Å²) in [5, 5.41) is 21.3. The Balaban J connectivity index is 2.43. The van der Waals surface area contributed by atoms with Gasteiger partial charge in [0.25, 0.3) is 0 Å². The molecule has 0 unspecified atom stereocenters. The van der Waals surface area contributed by atoms with Gasteiger partial charge in [-0.2, -0.15) is 10.4 Å². The molecule has 78 valence electrons. The highest BCUT2D eigenvalue weighted by Gasteiger charge is 2.07. The van der Waals surface area contributed by atoms with E-state index >= 15 is 0 Å². The molecular weight excluding hydrogens is 206 g/mol. The quantitative estimate of drug-likeness (QED) is 0.818. The van der Waals surface area contributed by atoms with Crippen LogP contribution < -0.4 is 0 Å². The van der Waals surface area contributed by atoms with Crippen molar-refractivity contribution in [3.63, 3.8) is 0 Å². The van der Waals surface area contributed by atoms with Gasteiger partial charge in [0.1, 0.15) is 0 Å². The summed E-state index contributed by atoms with van der Waals surface area (Å²) in [5.41, 5.74) is 1.14. The molecule has 1 aromatic carbocycles. The molecule has 0 atom stereocenters. The van der Waals surface area contributed by atoms with Crippen LogP contribution in [-0.2, 0) is 0 Å². The number of hydrogen-bond acceptors (Lipinski definition) is 3. The van der Waals surface area contributed by atoms with Gasteiger partial charge >= 0.3 is 5.97 Å². The fraction of sp³-hybridized carbons (Fsp3) is 0. The van der Waals surface area contributed by atoms with Crippen LogP contribution in [0.4, 0.5) is 0 Å². The van der Waals surface area contributed by atoms with Gasteiger partial charge in [0.15, 0.2) is 5.69 Å². The monoisotopic (exact) mass is 213 g/mol. The number of aromatic carboxylic acids is 1. The van der Waals surface area contributed by atoms with Crippen LogP contribution in [0.3, 0.4) is 0 Å². The smallest absolute Gasteiger partial charge is 0.356 e. The average Bonchev–Trinajstić information content (AvgIpc) is 2.78. The van der Waals surface area contributed by atoms with Crippen LogP contribution in [0.1, 0.15) is 16.1 Å². The minimum absolute atomic E-state index is 0.0256. The Morgan fingerprint density at radius 2 is 2.25 bits per heavy atom. The summed E-state index contributed by atoms with van der Waals surface area (Å²) in [6.07, 6.45) is 1.54. The zero-order valence-electron chi connectivity index (χ0n) is 8.16. The van der Waals surface area contributed by atoms with Gasteiger partial charge in [0.05, 0.1) is 17.3 Å². The van der Waals surface area contributed by atoms with Crippen molar-refractivity contribution in [2.75, 3.05) is 0 Å². The molecule has 1 heterocycles. The SMILES string of the molecule is N#Cc1cccc(-n2ccc(C(=O)O)n2)c1. The molecule has 16 heavy (non-hydrogen) atoms. The van der Waals surface area contributed by atoms with E-state index in [0.717, 1.165) is 0 Å². The van der Waals surface area contributed by atoms with Crippen LogP contribution in [0, 0.1) is 11.3 Å². The first kappa shape index (κ1) is 9.93. The van der Waals surface area contributed by atoms with Gasteiger partial charge in [0, 0.05) is 6.20 Å². The van der Waals surface area contributed by atoms with Crippen molar-refractivity contribution >= 4 is 5.97 Å². The Labute approximate surface area is 91.2 Å². The normalized spacial score (nSPS) is 9.69. The third-order valence-electron chi connectivity index (χ3n) is 2.05. The number of carboxylic acids is 1. The first-order valence-electron chi connectivity index (χ1n) is 4.50. The molecule has 2 rings (SSSR count). The van der Waals surface area contributed by atoms with Crippen LogP contribution in [0.5, 0.6) is 0 Å². The van der Waals surface area contributed by atoms with Crippen molar-refractivity contribution in [2.24, 2.45) is 0 Å². The molecule has 5 heteroatoms. The Morgan fingerprint density at radius 3 is 2.88 bits per heavy atom. The topological polar surface area (TPSA) is 78.9 Å².